The fourth-order valence-corrected chi connectivity index (χ4v) is 3.41. The van der Waals surface area contributed by atoms with Gasteiger partial charge in [0.25, 0.3) is 5.91 Å². The van der Waals surface area contributed by atoms with Crippen LogP contribution in [-0.2, 0) is 16.0 Å². The Morgan fingerprint density at radius 3 is 2.17 bits per heavy atom. The summed E-state index contributed by atoms with van der Waals surface area (Å²) >= 11 is 0. The average molecular weight is 318 g/mol. The number of hydrogen-bond donors (Lipinski definition) is 0. The second-order valence-electron chi connectivity index (χ2n) is 6.51. The second-order valence-corrected chi connectivity index (χ2v) is 6.51. The van der Waals surface area contributed by atoms with Gasteiger partial charge >= 0.3 is 0 Å². The molecule has 2 heterocycles. The molecule has 0 bridgehead atoms. The van der Waals surface area contributed by atoms with Gasteiger partial charge in [0.2, 0.25) is 5.91 Å². The van der Waals surface area contributed by atoms with Crippen molar-refractivity contribution in [2.24, 2.45) is 0 Å². The highest BCUT2D eigenvalue weighted by Gasteiger charge is 2.45. The lowest BCUT2D eigenvalue weighted by molar-refractivity contribution is -0.149. The number of amides is 2. The normalized spacial score (nSPS) is 20.6. The number of alkyl halides is 1. The SMILES string of the molecule is O=C(Cc1ccccc1)N1CCC(F)(C(=O)N2CCCC2)CC1. The van der Waals surface area contributed by atoms with E-state index in [1.54, 1.807) is 9.80 Å². The first-order valence-corrected chi connectivity index (χ1v) is 8.38. The van der Waals surface area contributed by atoms with Crippen molar-refractivity contribution >= 4 is 11.8 Å². The standard InChI is InChI=1S/C18H23FN2O2/c19-18(17(23)21-10-4-5-11-21)8-12-20(13-9-18)16(22)14-15-6-2-1-3-7-15/h1-3,6-7H,4-5,8-14H2. The number of benzene rings is 1. The highest BCUT2D eigenvalue weighted by Crippen LogP contribution is 2.30. The second kappa shape index (κ2) is 6.69. The van der Waals surface area contributed by atoms with Gasteiger partial charge in [0, 0.05) is 39.0 Å². The van der Waals surface area contributed by atoms with E-state index in [0.29, 0.717) is 32.6 Å². The number of piperidine rings is 1. The summed E-state index contributed by atoms with van der Waals surface area (Å²) in [7, 11) is 0. The van der Waals surface area contributed by atoms with Crippen molar-refractivity contribution in [2.75, 3.05) is 26.2 Å². The van der Waals surface area contributed by atoms with Crippen LogP contribution in [-0.4, -0.2) is 53.5 Å². The summed E-state index contributed by atoms with van der Waals surface area (Å²) < 4.78 is 15.0. The molecule has 2 fully saturated rings. The number of halogens is 1. The quantitative estimate of drug-likeness (QED) is 0.857. The van der Waals surface area contributed by atoms with Crippen molar-refractivity contribution < 1.29 is 14.0 Å². The molecule has 0 aromatic heterocycles. The van der Waals surface area contributed by atoms with E-state index in [-0.39, 0.29) is 24.7 Å². The van der Waals surface area contributed by atoms with Gasteiger partial charge in [0.15, 0.2) is 5.67 Å². The van der Waals surface area contributed by atoms with Crippen LogP contribution in [0.1, 0.15) is 31.2 Å². The molecule has 23 heavy (non-hydrogen) atoms. The van der Waals surface area contributed by atoms with Gasteiger partial charge < -0.3 is 9.80 Å². The van der Waals surface area contributed by atoms with E-state index >= 15 is 0 Å². The highest BCUT2D eigenvalue weighted by molar-refractivity contribution is 5.86. The molecule has 2 amide bonds. The zero-order chi connectivity index (χ0) is 16.3. The highest BCUT2D eigenvalue weighted by atomic mass is 19.1. The minimum Gasteiger partial charge on any atom is -0.342 e. The minimum absolute atomic E-state index is 0.00636. The average Bonchev–Trinajstić information content (AvgIpc) is 3.10. The van der Waals surface area contributed by atoms with E-state index < -0.39 is 5.67 Å². The van der Waals surface area contributed by atoms with E-state index in [9.17, 15) is 14.0 Å². The number of hydrogen-bond acceptors (Lipinski definition) is 2. The van der Waals surface area contributed by atoms with Crippen LogP contribution in [0.15, 0.2) is 30.3 Å². The van der Waals surface area contributed by atoms with Crippen LogP contribution >= 0.6 is 0 Å². The van der Waals surface area contributed by atoms with Gasteiger partial charge in [-0.15, -0.1) is 0 Å². The molecule has 2 aliphatic rings. The third kappa shape index (κ3) is 3.54. The van der Waals surface area contributed by atoms with Gasteiger partial charge in [-0.1, -0.05) is 30.3 Å². The van der Waals surface area contributed by atoms with Crippen molar-refractivity contribution in [3.63, 3.8) is 0 Å². The van der Waals surface area contributed by atoms with Gasteiger partial charge in [-0.25, -0.2) is 4.39 Å². The lowest BCUT2D eigenvalue weighted by atomic mass is 9.91. The fraction of sp³-hybridized carbons (Fsp3) is 0.556. The Hall–Kier alpha value is -1.91. The van der Waals surface area contributed by atoms with E-state index in [1.165, 1.54) is 0 Å². The Kier molecular flexibility index (Phi) is 4.64. The molecule has 0 aliphatic carbocycles. The third-order valence-electron chi connectivity index (χ3n) is 4.88. The summed E-state index contributed by atoms with van der Waals surface area (Å²) in [6.07, 6.45) is 2.49. The molecule has 124 valence electrons. The van der Waals surface area contributed by atoms with Gasteiger partial charge in [0.1, 0.15) is 0 Å². The van der Waals surface area contributed by atoms with Crippen molar-refractivity contribution in [2.45, 2.75) is 37.8 Å². The largest absolute Gasteiger partial charge is 0.342 e. The fourth-order valence-electron chi connectivity index (χ4n) is 3.41. The molecule has 1 aromatic rings. The van der Waals surface area contributed by atoms with Gasteiger partial charge in [0.05, 0.1) is 6.42 Å². The molecular weight excluding hydrogens is 295 g/mol. The number of rotatable bonds is 3. The van der Waals surface area contributed by atoms with Crippen molar-refractivity contribution in [3.05, 3.63) is 35.9 Å². The summed E-state index contributed by atoms with van der Waals surface area (Å²) in [5, 5.41) is 0. The molecular formula is C18H23FN2O2. The maximum absolute atomic E-state index is 15.0. The molecule has 0 spiro atoms. The maximum Gasteiger partial charge on any atom is 0.260 e. The van der Waals surface area contributed by atoms with Gasteiger partial charge in [-0.05, 0) is 18.4 Å². The van der Waals surface area contributed by atoms with Gasteiger partial charge in [-0.3, -0.25) is 9.59 Å². The Morgan fingerprint density at radius 1 is 0.957 bits per heavy atom. The molecule has 5 heteroatoms. The minimum atomic E-state index is -1.78. The van der Waals surface area contributed by atoms with Crippen LogP contribution < -0.4 is 0 Å². The smallest absolute Gasteiger partial charge is 0.260 e. The van der Waals surface area contributed by atoms with Crippen LogP contribution in [0.25, 0.3) is 0 Å². The van der Waals surface area contributed by atoms with Crippen LogP contribution in [0, 0.1) is 0 Å². The summed E-state index contributed by atoms with van der Waals surface area (Å²) in [6, 6.07) is 9.55. The van der Waals surface area contributed by atoms with E-state index in [4.69, 9.17) is 0 Å². The number of nitrogens with zero attached hydrogens (tertiary/aromatic N) is 2. The first-order chi connectivity index (χ1) is 11.1. The molecule has 0 saturated carbocycles. The Bertz CT molecular complexity index is 562. The Morgan fingerprint density at radius 2 is 1.57 bits per heavy atom. The van der Waals surface area contributed by atoms with Crippen molar-refractivity contribution in [1.29, 1.82) is 0 Å². The van der Waals surface area contributed by atoms with Crippen LogP contribution in [0.4, 0.5) is 4.39 Å². The molecule has 0 unspecified atom stereocenters. The zero-order valence-electron chi connectivity index (χ0n) is 13.3. The molecule has 4 nitrogen and oxygen atoms in total. The number of carbonyl (C=O) groups excluding carboxylic acids is 2. The molecule has 2 aliphatic heterocycles. The first-order valence-electron chi connectivity index (χ1n) is 8.38. The topological polar surface area (TPSA) is 40.6 Å². The molecule has 1 aromatic carbocycles. The molecule has 0 atom stereocenters. The first kappa shape index (κ1) is 16.0. The van der Waals surface area contributed by atoms with Crippen LogP contribution in [0.2, 0.25) is 0 Å². The maximum atomic E-state index is 15.0. The third-order valence-corrected chi connectivity index (χ3v) is 4.88. The monoisotopic (exact) mass is 318 g/mol. The van der Waals surface area contributed by atoms with E-state index in [0.717, 1.165) is 18.4 Å². The lowest BCUT2D eigenvalue weighted by Gasteiger charge is -2.37. The molecule has 3 rings (SSSR count). The van der Waals surface area contributed by atoms with E-state index in [1.807, 2.05) is 30.3 Å². The van der Waals surface area contributed by atoms with Crippen molar-refractivity contribution in [3.8, 4) is 0 Å². The predicted octanol–water partition coefficient (Wildman–Crippen LogP) is 2.18. The van der Waals surface area contributed by atoms with Gasteiger partial charge in [-0.2, -0.15) is 0 Å². The Balaban J connectivity index is 1.55. The number of likely N-dealkylation sites (tertiary alicyclic amines) is 2. The Labute approximate surface area is 136 Å². The summed E-state index contributed by atoms with van der Waals surface area (Å²) in [5.41, 5.74) is -0.823. The molecule has 0 radical (unpaired) electrons. The lowest BCUT2D eigenvalue weighted by Crippen LogP contribution is -2.53. The number of carbonyl (C=O) groups is 2. The van der Waals surface area contributed by atoms with Crippen molar-refractivity contribution in [1.82, 2.24) is 9.80 Å². The van der Waals surface area contributed by atoms with E-state index in [2.05, 4.69) is 0 Å². The summed E-state index contributed by atoms with van der Waals surface area (Å²) in [6.45, 7) is 1.98. The molecule has 0 N–H and O–H groups in total. The zero-order valence-corrected chi connectivity index (χ0v) is 13.3. The van der Waals surface area contributed by atoms with Crippen LogP contribution in [0.3, 0.4) is 0 Å². The van der Waals surface area contributed by atoms with Crippen LogP contribution in [0.5, 0.6) is 0 Å². The summed E-state index contributed by atoms with van der Waals surface area (Å²) in [4.78, 5) is 28.0. The molecule has 2 saturated heterocycles. The predicted molar refractivity (Wildman–Crippen MR) is 85.6 cm³/mol. The summed E-state index contributed by atoms with van der Waals surface area (Å²) in [5.74, 6) is -0.364.